The second-order valence-corrected chi connectivity index (χ2v) is 8.26. The maximum Gasteiger partial charge on any atom is 0.313 e. The third kappa shape index (κ3) is 2.47. The number of esters is 1. The van der Waals surface area contributed by atoms with E-state index in [1.807, 2.05) is 0 Å². The monoisotopic (exact) mass is 379 g/mol. The molecule has 1 aliphatic heterocycles. The molecule has 0 spiro atoms. The van der Waals surface area contributed by atoms with Crippen LogP contribution in [0.2, 0.25) is 0 Å². The molecule has 2 saturated carbocycles. The van der Waals surface area contributed by atoms with Crippen molar-refractivity contribution in [2.75, 3.05) is 6.54 Å². The molecule has 6 rings (SSSR count). The highest BCUT2D eigenvalue weighted by atomic mass is 16.5. The molecule has 1 aromatic carbocycles. The van der Waals surface area contributed by atoms with Gasteiger partial charge in [-0.3, -0.25) is 24.1 Å². The molecule has 2 amide bonds. The number of carbonyl (C=O) groups is 4. The number of hydrogen-bond donors (Lipinski definition) is 0. The molecule has 5 aliphatic rings. The molecule has 1 saturated heterocycles. The fourth-order valence-corrected chi connectivity index (χ4v) is 5.46. The molecule has 6 heteroatoms. The Hall–Kier alpha value is -2.76. The van der Waals surface area contributed by atoms with Gasteiger partial charge in [-0.15, -0.1) is 0 Å². The molecule has 2 bridgehead atoms. The van der Waals surface area contributed by atoms with E-state index in [-0.39, 0.29) is 60.0 Å². The highest BCUT2D eigenvalue weighted by Gasteiger charge is 2.66. The van der Waals surface area contributed by atoms with E-state index in [4.69, 9.17) is 4.74 Å². The van der Waals surface area contributed by atoms with E-state index in [1.165, 1.54) is 11.8 Å². The zero-order chi connectivity index (χ0) is 19.6. The van der Waals surface area contributed by atoms with Gasteiger partial charge in [0, 0.05) is 6.54 Å². The third-order valence-corrected chi connectivity index (χ3v) is 6.78. The normalized spacial score (nSPS) is 34.2. The number of likely N-dealkylation sites (tertiary alicyclic amines) is 1. The first-order chi connectivity index (χ1) is 13.5. The quantitative estimate of drug-likeness (QED) is 0.258. The molecular weight excluding hydrogens is 358 g/mol. The zero-order valence-electron chi connectivity index (χ0n) is 15.5. The summed E-state index contributed by atoms with van der Waals surface area (Å²) >= 11 is 0. The number of carbonyl (C=O) groups excluding carboxylic acids is 4. The number of hydrogen-bond acceptors (Lipinski definition) is 5. The Balaban J connectivity index is 1.26. The fourth-order valence-electron chi connectivity index (χ4n) is 5.46. The standard InChI is InChI=1S/C22H21NO5/c1-11(24)12-4-2-3-5-17(12)28-18(25)8-9-23-21(26)19-13-6-7-14(16-10-15(13)16)20(19)22(23)27/h2-7,13-16,19-20H,8-10H2,1H3/t13-,14-,15-,16-,19+,20+/m1/s1. The van der Waals surface area contributed by atoms with E-state index in [2.05, 4.69) is 12.2 Å². The van der Waals surface area contributed by atoms with E-state index in [1.54, 1.807) is 24.3 Å². The predicted molar refractivity (Wildman–Crippen MR) is 98.1 cm³/mol. The molecule has 6 atom stereocenters. The van der Waals surface area contributed by atoms with Crippen LogP contribution in [-0.2, 0) is 14.4 Å². The van der Waals surface area contributed by atoms with Crippen LogP contribution in [-0.4, -0.2) is 35.0 Å². The second-order valence-electron chi connectivity index (χ2n) is 8.26. The molecule has 6 nitrogen and oxygen atoms in total. The Morgan fingerprint density at radius 3 is 2.25 bits per heavy atom. The number of rotatable bonds is 5. The molecule has 3 fully saturated rings. The summed E-state index contributed by atoms with van der Waals surface area (Å²) in [6.07, 6.45) is 5.29. The van der Waals surface area contributed by atoms with Crippen molar-refractivity contribution < 1.29 is 23.9 Å². The van der Waals surface area contributed by atoms with Crippen molar-refractivity contribution in [1.29, 1.82) is 0 Å². The summed E-state index contributed by atoms with van der Waals surface area (Å²) < 4.78 is 5.31. The van der Waals surface area contributed by atoms with Crippen LogP contribution in [0.4, 0.5) is 0 Å². The number of nitrogens with zero attached hydrogens (tertiary/aromatic N) is 1. The van der Waals surface area contributed by atoms with E-state index in [0.717, 1.165) is 6.42 Å². The number of allylic oxidation sites excluding steroid dienone is 2. The summed E-state index contributed by atoms with van der Waals surface area (Å²) in [5.41, 5.74) is 0.331. The van der Waals surface area contributed by atoms with Crippen LogP contribution in [0, 0.1) is 35.5 Å². The first-order valence-corrected chi connectivity index (χ1v) is 9.81. The highest BCUT2D eigenvalue weighted by molar-refractivity contribution is 6.06. The fraction of sp³-hybridized carbons (Fsp3) is 0.455. The van der Waals surface area contributed by atoms with Gasteiger partial charge >= 0.3 is 5.97 Å². The van der Waals surface area contributed by atoms with E-state index >= 15 is 0 Å². The molecule has 0 aromatic heterocycles. The molecule has 1 aromatic rings. The number of benzene rings is 1. The smallest absolute Gasteiger partial charge is 0.313 e. The first-order valence-electron chi connectivity index (χ1n) is 9.81. The second kappa shape index (κ2) is 6.12. The highest BCUT2D eigenvalue weighted by Crippen LogP contribution is 2.65. The summed E-state index contributed by atoms with van der Waals surface area (Å²) in [6.45, 7) is 1.43. The molecule has 0 unspecified atom stereocenters. The Labute approximate surface area is 162 Å². The summed E-state index contributed by atoms with van der Waals surface area (Å²) in [4.78, 5) is 51.0. The van der Waals surface area contributed by atoms with Crippen LogP contribution in [0.25, 0.3) is 0 Å². The van der Waals surface area contributed by atoms with Crippen molar-refractivity contribution in [3.05, 3.63) is 42.0 Å². The van der Waals surface area contributed by atoms with Gasteiger partial charge in [0.15, 0.2) is 5.78 Å². The van der Waals surface area contributed by atoms with Gasteiger partial charge in [0.25, 0.3) is 0 Å². The zero-order valence-corrected chi connectivity index (χ0v) is 15.5. The third-order valence-electron chi connectivity index (χ3n) is 6.78. The SMILES string of the molecule is CC(=O)c1ccccc1OC(=O)CCN1C(=O)[C@H]2[C@@H]3C=C[C@H]([C@H]4C[C@H]34)[C@@H]2C1=O. The van der Waals surface area contributed by atoms with Crippen molar-refractivity contribution >= 4 is 23.6 Å². The van der Waals surface area contributed by atoms with E-state index in [9.17, 15) is 19.2 Å². The first kappa shape index (κ1) is 17.3. The van der Waals surface area contributed by atoms with Gasteiger partial charge in [-0.25, -0.2) is 0 Å². The van der Waals surface area contributed by atoms with Gasteiger partial charge in [0.2, 0.25) is 11.8 Å². The minimum absolute atomic E-state index is 0.0283. The lowest BCUT2D eigenvalue weighted by Crippen LogP contribution is -2.40. The van der Waals surface area contributed by atoms with Gasteiger partial charge in [0.05, 0.1) is 23.8 Å². The average molecular weight is 379 g/mol. The summed E-state index contributed by atoms with van der Waals surface area (Å²) in [7, 11) is 0. The molecule has 28 heavy (non-hydrogen) atoms. The lowest BCUT2D eigenvalue weighted by atomic mass is 9.63. The maximum atomic E-state index is 12.9. The number of Topliss-reactive ketones (excluding diaryl/α,β-unsaturated/α-hetero) is 1. The summed E-state index contributed by atoms with van der Waals surface area (Å²) in [5.74, 6) is 0.130. The van der Waals surface area contributed by atoms with Crippen molar-refractivity contribution in [3.8, 4) is 5.75 Å². The lowest BCUT2D eigenvalue weighted by molar-refractivity contribution is -0.141. The van der Waals surface area contributed by atoms with Crippen LogP contribution in [0.1, 0.15) is 30.1 Å². The van der Waals surface area contributed by atoms with Crippen molar-refractivity contribution in [1.82, 2.24) is 4.90 Å². The van der Waals surface area contributed by atoms with E-state index < -0.39 is 5.97 Å². The number of amides is 2. The van der Waals surface area contributed by atoms with E-state index in [0.29, 0.717) is 17.4 Å². The molecule has 0 N–H and O–H groups in total. The van der Waals surface area contributed by atoms with Crippen molar-refractivity contribution in [3.63, 3.8) is 0 Å². The Morgan fingerprint density at radius 2 is 1.64 bits per heavy atom. The predicted octanol–water partition coefficient (Wildman–Crippen LogP) is 2.24. The molecule has 4 aliphatic carbocycles. The Kier molecular flexibility index (Phi) is 3.79. The number of para-hydroxylation sites is 1. The Bertz CT molecular complexity index is 899. The average Bonchev–Trinajstić information content (AvgIpc) is 3.46. The largest absolute Gasteiger partial charge is 0.426 e. The topological polar surface area (TPSA) is 80.8 Å². The van der Waals surface area contributed by atoms with Crippen LogP contribution < -0.4 is 4.74 Å². The minimum Gasteiger partial charge on any atom is -0.426 e. The number of imide groups is 1. The Morgan fingerprint density at radius 1 is 1.04 bits per heavy atom. The van der Waals surface area contributed by atoms with Gasteiger partial charge in [-0.2, -0.15) is 0 Å². The van der Waals surface area contributed by atoms with Crippen LogP contribution in [0.15, 0.2) is 36.4 Å². The number of ether oxygens (including phenoxy) is 1. The summed E-state index contributed by atoms with van der Waals surface area (Å²) in [6, 6.07) is 6.54. The minimum atomic E-state index is -0.562. The van der Waals surface area contributed by atoms with Gasteiger partial charge < -0.3 is 4.74 Å². The van der Waals surface area contributed by atoms with Crippen molar-refractivity contribution in [2.24, 2.45) is 35.5 Å². The molecule has 1 heterocycles. The van der Waals surface area contributed by atoms with Crippen LogP contribution in [0.5, 0.6) is 5.75 Å². The van der Waals surface area contributed by atoms with Crippen LogP contribution in [0.3, 0.4) is 0 Å². The van der Waals surface area contributed by atoms with Gasteiger partial charge in [-0.05, 0) is 49.1 Å². The molecular formula is C22H21NO5. The van der Waals surface area contributed by atoms with Gasteiger partial charge in [-0.1, -0.05) is 24.3 Å². The van der Waals surface area contributed by atoms with Crippen molar-refractivity contribution in [2.45, 2.75) is 19.8 Å². The number of ketones is 1. The van der Waals surface area contributed by atoms with Gasteiger partial charge in [0.1, 0.15) is 5.75 Å². The maximum absolute atomic E-state index is 12.9. The lowest BCUT2D eigenvalue weighted by Gasteiger charge is -2.37. The molecule has 0 radical (unpaired) electrons. The summed E-state index contributed by atoms with van der Waals surface area (Å²) in [5, 5.41) is 0. The molecule has 144 valence electrons. The van der Waals surface area contributed by atoms with Crippen LogP contribution >= 0.6 is 0 Å².